The zero-order chi connectivity index (χ0) is 8.28. The van der Waals surface area contributed by atoms with Crippen molar-refractivity contribution < 1.29 is 0 Å². The summed E-state index contributed by atoms with van der Waals surface area (Å²) in [5.74, 6) is 2.09. The Morgan fingerprint density at radius 3 is 2.09 bits per heavy atom. The summed E-state index contributed by atoms with van der Waals surface area (Å²) in [7, 11) is 0. The van der Waals surface area contributed by atoms with Gasteiger partial charge in [-0.05, 0) is 35.5 Å². The fraction of sp³-hybridized carbons (Fsp3) is 1.00. The van der Waals surface area contributed by atoms with Crippen LogP contribution in [0.25, 0.3) is 0 Å². The Labute approximate surface area is 70.4 Å². The van der Waals surface area contributed by atoms with Gasteiger partial charge < -0.3 is 0 Å². The second kappa shape index (κ2) is 1.84. The van der Waals surface area contributed by atoms with E-state index in [9.17, 15) is 0 Å². The molecule has 0 radical (unpaired) electrons. The summed E-state index contributed by atoms with van der Waals surface area (Å²) in [5, 5.41) is 0. The van der Waals surface area contributed by atoms with Crippen LogP contribution in [0.1, 0.15) is 47.0 Å². The molecule has 0 bridgehead atoms. The Bertz CT molecular complexity index is 176. The third-order valence-corrected chi connectivity index (χ3v) is 4.38. The molecule has 0 heteroatoms. The Morgan fingerprint density at radius 2 is 1.82 bits per heavy atom. The van der Waals surface area contributed by atoms with E-state index in [4.69, 9.17) is 0 Å². The molecule has 0 nitrogen and oxygen atoms in total. The Balaban J connectivity index is 2.23. The van der Waals surface area contributed by atoms with Gasteiger partial charge in [-0.25, -0.2) is 0 Å². The standard InChI is InChI=1S/C11H20/c1-5-9-10(2,3)6-8-7-11(8,9)4/h8-9H,5-7H2,1-4H3. The van der Waals surface area contributed by atoms with Crippen LogP contribution < -0.4 is 0 Å². The van der Waals surface area contributed by atoms with Gasteiger partial charge in [0, 0.05) is 0 Å². The Morgan fingerprint density at radius 1 is 1.18 bits per heavy atom. The SMILES string of the molecule is CCC1C(C)(C)CC2CC21C. The summed E-state index contributed by atoms with van der Waals surface area (Å²) >= 11 is 0. The average Bonchev–Trinajstić information content (AvgIpc) is 2.35. The molecule has 3 unspecified atom stereocenters. The summed E-state index contributed by atoms with van der Waals surface area (Å²) in [4.78, 5) is 0. The highest BCUT2D eigenvalue weighted by Crippen LogP contribution is 2.72. The fourth-order valence-electron chi connectivity index (χ4n) is 3.89. The molecule has 2 aliphatic carbocycles. The Hall–Kier alpha value is 0. The van der Waals surface area contributed by atoms with E-state index >= 15 is 0 Å². The molecule has 0 heterocycles. The smallest absolute Gasteiger partial charge is 0.0261 e. The lowest BCUT2D eigenvalue weighted by atomic mass is 9.73. The summed E-state index contributed by atoms with van der Waals surface area (Å²) in [5.41, 5.74) is 1.41. The third kappa shape index (κ3) is 0.816. The van der Waals surface area contributed by atoms with Crippen molar-refractivity contribution in [3.05, 3.63) is 0 Å². The van der Waals surface area contributed by atoms with E-state index in [1.807, 2.05) is 0 Å². The molecule has 2 aliphatic rings. The Kier molecular flexibility index (Phi) is 1.28. The molecule has 2 saturated carbocycles. The van der Waals surface area contributed by atoms with Gasteiger partial charge in [0.05, 0.1) is 0 Å². The first-order valence-corrected chi connectivity index (χ1v) is 5.00. The first-order valence-electron chi connectivity index (χ1n) is 5.00. The maximum absolute atomic E-state index is 2.50. The van der Waals surface area contributed by atoms with Crippen molar-refractivity contribution in [1.29, 1.82) is 0 Å². The molecule has 2 fully saturated rings. The zero-order valence-corrected chi connectivity index (χ0v) is 8.28. The highest BCUT2D eigenvalue weighted by molar-refractivity contribution is 5.13. The molecular weight excluding hydrogens is 132 g/mol. The largest absolute Gasteiger partial charge is 0.0651 e. The molecule has 3 atom stereocenters. The molecule has 0 amide bonds. The van der Waals surface area contributed by atoms with E-state index in [2.05, 4.69) is 27.7 Å². The van der Waals surface area contributed by atoms with Gasteiger partial charge in [0.25, 0.3) is 0 Å². The van der Waals surface area contributed by atoms with Crippen molar-refractivity contribution >= 4 is 0 Å². The van der Waals surface area contributed by atoms with Gasteiger partial charge in [-0.2, -0.15) is 0 Å². The lowest BCUT2D eigenvalue weighted by molar-refractivity contribution is 0.172. The molecule has 0 spiro atoms. The van der Waals surface area contributed by atoms with Crippen LogP contribution in [0.4, 0.5) is 0 Å². The van der Waals surface area contributed by atoms with Crippen molar-refractivity contribution in [2.45, 2.75) is 47.0 Å². The van der Waals surface area contributed by atoms with Crippen LogP contribution in [0.2, 0.25) is 0 Å². The number of rotatable bonds is 1. The monoisotopic (exact) mass is 152 g/mol. The summed E-state index contributed by atoms with van der Waals surface area (Å²) < 4.78 is 0. The van der Waals surface area contributed by atoms with E-state index in [0.717, 1.165) is 17.3 Å². The molecule has 0 aromatic rings. The topological polar surface area (TPSA) is 0 Å². The molecule has 2 rings (SSSR count). The molecule has 0 aromatic carbocycles. The quantitative estimate of drug-likeness (QED) is 0.539. The van der Waals surface area contributed by atoms with E-state index in [0.29, 0.717) is 5.41 Å². The van der Waals surface area contributed by atoms with Gasteiger partial charge in [0.15, 0.2) is 0 Å². The highest BCUT2D eigenvalue weighted by atomic mass is 14.7. The number of hydrogen-bond acceptors (Lipinski definition) is 0. The van der Waals surface area contributed by atoms with Crippen molar-refractivity contribution in [3.8, 4) is 0 Å². The van der Waals surface area contributed by atoms with Gasteiger partial charge in [0.1, 0.15) is 0 Å². The molecule has 64 valence electrons. The minimum Gasteiger partial charge on any atom is -0.0651 e. The molecule has 0 aromatic heterocycles. The molecule has 0 N–H and O–H groups in total. The normalized spacial score (nSPS) is 52.4. The molecule has 11 heavy (non-hydrogen) atoms. The minimum atomic E-state index is 0.645. The third-order valence-electron chi connectivity index (χ3n) is 4.38. The second-order valence-electron chi connectivity index (χ2n) is 5.56. The summed E-state index contributed by atoms with van der Waals surface area (Å²) in [6, 6.07) is 0. The van der Waals surface area contributed by atoms with Crippen LogP contribution in [0, 0.1) is 22.7 Å². The van der Waals surface area contributed by atoms with E-state index < -0.39 is 0 Å². The van der Waals surface area contributed by atoms with E-state index in [1.54, 1.807) is 0 Å². The van der Waals surface area contributed by atoms with Crippen LogP contribution in [0.15, 0.2) is 0 Å². The summed E-state index contributed by atoms with van der Waals surface area (Å²) in [6.07, 6.45) is 4.40. The molecule has 0 aliphatic heterocycles. The van der Waals surface area contributed by atoms with Crippen molar-refractivity contribution in [3.63, 3.8) is 0 Å². The minimum absolute atomic E-state index is 0.645. The number of fused-ring (bicyclic) bond motifs is 1. The second-order valence-corrected chi connectivity index (χ2v) is 5.56. The van der Waals surface area contributed by atoms with Crippen LogP contribution in [-0.2, 0) is 0 Å². The van der Waals surface area contributed by atoms with Crippen molar-refractivity contribution in [2.75, 3.05) is 0 Å². The van der Waals surface area contributed by atoms with E-state index in [1.165, 1.54) is 19.3 Å². The molecule has 0 saturated heterocycles. The van der Waals surface area contributed by atoms with Gasteiger partial charge in [-0.3, -0.25) is 0 Å². The zero-order valence-electron chi connectivity index (χ0n) is 8.28. The van der Waals surface area contributed by atoms with Gasteiger partial charge in [-0.1, -0.05) is 34.1 Å². The van der Waals surface area contributed by atoms with Crippen LogP contribution >= 0.6 is 0 Å². The molecular formula is C11H20. The van der Waals surface area contributed by atoms with Gasteiger partial charge >= 0.3 is 0 Å². The van der Waals surface area contributed by atoms with Crippen molar-refractivity contribution in [1.82, 2.24) is 0 Å². The number of hydrogen-bond donors (Lipinski definition) is 0. The maximum atomic E-state index is 2.50. The lowest BCUT2D eigenvalue weighted by Gasteiger charge is -2.32. The van der Waals surface area contributed by atoms with Gasteiger partial charge in [-0.15, -0.1) is 0 Å². The maximum Gasteiger partial charge on any atom is -0.0261 e. The van der Waals surface area contributed by atoms with Crippen LogP contribution in [-0.4, -0.2) is 0 Å². The van der Waals surface area contributed by atoms with Crippen LogP contribution in [0.3, 0.4) is 0 Å². The van der Waals surface area contributed by atoms with Crippen molar-refractivity contribution in [2.24, 2.45) is 22.7 Å². The van der Waals surface area contributed by atoms with Gasteiger partial charge in [0.2, 0.25) is 0 Å². The first-order chi connectivity index (χ1) is 5.00. The average molecular weight is 152 g/mol. The first kappa shape index (κ1) is 7.64. The highest BCUT2D eigenvalue weighted by Gasteiger charge is 2.64. The fourth-order valence-corrected chi connectivity index (χ4v) is 3.89. The van der Waals surface area contributed by atoms with Crippen LogP contribution in [0.5, 0.6) is 0 Å². The predicted octanol–water partition coefficient (Wildman–Crippen LogP) is 3.47. The van der Waals surface area contributed by atoms with E-state index in [-0.39, 0.29) is 0 Å². The lowest BCUT2D eigenvalue weighted by Crippen LogP contribution is -2.24. The predicted molar refractivity (Wildman–Crippen MR) is 48.4 cm³/mol. The summed E-state index contributed by atoms with van der Waals surface area (Å²) in [6.45, 7) is 9.77.